The summed E-state index contributed by atoms with van der Waals surface area (Å²) in [6.45, 7) is 3.80. The minimum Gasteiger partial charge on any atom is -0.479 e. The van der Waals surface area contributed by atoms with Crippen molar-refractivity contribution < 1.29 is 24.1 Å². The lowest BCUT2D eigenvalue weighted by molar-refractivity contribution is -0.139. The molecule has 1 aromatic carbocycles. The van der Waals surface area contributed by atoms with Crippen molar-refractivity contribution >= 4 is 11.5 Å². The van der Waals surface area contributed by atoms with Crippen molar-refractivity contribution in [1.82, 2.24) is 10.3 Å². The van der Waals surface area contributed by atoms with Gasteiger partial charge in [-0.15, -0.1) is 0 Å². The molecule has 1 aliphatic heterocycles. The smallest absolute Gasteiger partial charge is 0.341 e. The van der Waals surface area contributed by atoms with Gasteiger partial charge in [0.25, 0.3) is 0 Å². The van der Waals surface area contributed by atoms with Crippen LogP contribution in [0.1, 0.15) is 42.4 Å². The molecule has 0 bridgehead atoms. The highest BCUT2D eigenvalue weighted by Crippen LogP contribution is 2.35. The molecule has 176 valence electrons. The molecule has 2 heterocycles. The summed E-state index contributed by atoms with van der Waals surface area (Å²) >= 11 is 0. The number of allylic oxidation sites excluding steroid dienone is 1. The molecule has 3 atom stereocenters. The molecule has 0 saturated carbocycles. The highest BCUT2D eigenvalue weighted by Gasteiger charge is 2.29. The summed E-state index contributed by atoms with van der Waals surface area (Å²) in [5.74, 6) is -0.626. The van der Waals surface area contributed by atoms with E-state index in [0.717, 1.165) is 48.9 Å². The Hall–Kier alpha value is -2.74. The molecule has 7 heteroatoms. The number of pyridine rings is 1. The average molecular weight is 453 g/mol. The summed E-state index contributed by atoms with van der Waals surface area (Å²) in [5, 5.41) is 12.5. The first kappa shape index (κ1) is 23.4. The molecule has 2 aliphatic rings. The third kappa shape index (κ3) is 6.41. The Morgan fingerprint density at radius 2 is 2.03 bits per heavy atom. The van der Waals surface area contributed by atoms with Crippen LogP contribution in [0.4, 0.5) is 0 Å². The van der Waals surface area contributed by atoms with Gasteiger partial charge in [0.15, 0.2) is 6.61 Å². The Bertz CT molecular complexity index is 962. The maximum absolute atomic E-state index is 10.9. The summed E-state index contributed by atoms with van der Waals surface area (Å²) in [7, 11) is 0. The molecule has 1 fully saturated rings. The molecule has 2 aromatic rings. The van der Waals surface area contributed by atoms with E-state index >= 15 is 0 Å². The Morgan fingerprint density at radius 1 is 1.18 bits per heavy atom. The molecule has 1 saturated heterocycles. The SMILES string of the molecule is Cc1ccnc(OCC(=O)O)c1C1=CCC(OC[C@@H]2NCC[C@H]2OCc2ccccc2)CC1. The third-order valence-electron chi connectivity index (χ3n) is 6.24. The van der Waals surface area contributed by atoms with Crippen LogP contribution in [0.2, 0.25) is 0 Å². The van der Waals surface area contributed by atoms with Crippen LogP contribution in [0, 0.1) is 6.92 Å². The van der Waals surface area contributed by atoms with Gasteiger partial charge in [-0.3, -0.25) is 0 Å². The fourth-order valence-electron chi connectivity index (χ4n) is 4.48. The zero-order chi connectivity index (χ0) is 23.0. The lowest BCUT2D eigenvalue weighted by atomic mass is 9.90. The van der Waals surface area contributed by atoms with Crippen LogP contribution >= 0.6 is 0 Å². The first-order chi connectivity index (χ1) is 16.1. The predicted molar refractivity (Wildman–Crippen MR) is 125 cm³/mol. The number of ether oxygens (including phenoxy) is 3. The standard InChI is InChI=1S/C26H32N2O5/c1-18-11-13-28-26(33-17-24(29)30)25(18)20-7-9-21(10-8-20)31-16-22-23(12-14-27-22)32-15-19-5-3-2-4-6-19/h2-7,11,13,21-23,27H,8-10,12,14-17H2,1H3,(H,29,30)/t21?,22-,23+/m0/s1. The summed E-state index contributed by atoms with van der Waals surface area (Å²) in [4.78, 5) is 15.2. The number of aliphatic carboxylic acids is 1. The van der Waals surface area contributed by atoms with Crippen LogP contribution in [0.3, 0.4) is 0 Å². The number of hydrogen-bond donors (Lipinski definition) is 2. The summed E-state index contributed by atoms with van der Waals surface area (Å²) in [5.41, 5.74) is 4.27. The van der Waals surface area contributed by atoms with Gasteiger partial charge < -0.3 is 24.6 Å². The largest absolute Gasteiger partial charge is 0.479 e. The monoisotopic (exact) mass is 452 g/mol. The number of aryl methyl sites for hydroxylation is 1. The molecule has 1 unspecified atom stereocenters. The van der Waals surface area contributed by atoms with Crippen LogP contribution in [-0.2, 0) is 20.9 Å². The molecule has 7 nitrogen and oxygen atoms in total. The van der Waals surface area contributed by atoms with Gasteiger partial charge in [0.1, 0.15) is 0 Å². The fourth-order valence-corrected chi connectivity index (χ4v) is 4.48. The van der Waals surface area contributed by atoms with Crippen LogP contribution in [-0.4, -0.2) is 54.1 Å². The zero-order valence-corrected chi connectivity index (χ0v) is 19.0. The van der Waals surface area contributed by atoms with Crippen molar-refractivity contribution in [2.45, 2.75) is 57.5 Å². The average Bonchev–Trinajstić information content (AvgIpc) is 3.28. The van der Waals surface area contributed by atoms with Gasteiger partial charge in [-0.25, -0.2) is 9.78 Å². The molecule has 4 rings (SSSR count). The van der Waals surface area contributed by atoms with E-state index in [4.69, 9.17) is 19.3 Å². The maximum Gasteiger partial charge on any atom is 0.341 e. The second kappa shape index (κ2) is 11.4. The van der Waals surface area contributed by atoms with Crippen LogP contribution in [0.15, 0.2) is 48.7 Å². The first-order valence-electron chi connectivity index (χ1n) is 11.6. The lowest BCUT2D eigenvalue weighted by Crippen LogP contribution is -2.38. The Labute approximate surface area is 194 Å². The highest BCUT2D eigenvalue weighted by molar-refractivity contribution is 5.73. The van der Waals surface area contributed by atoms with Crippen molar-refractivity contribution in [3.05, 3.63) is 65.4 Å². The van der Waals surface area contributed by atoms with Crippen molar-refractivity contribution in [2.75, 3.05) is 19.8 Å². The Kier molecular flexibility index (Phi) is 8.10. The number of aromatic nitrogens is 1. The number of nitrogens with zero attached hydrogens (tertiary/aromatic N) is 1. The Balaban J connectivity index is 1.29. The van der Waals surface area contributed by atoms with E-state index in [2.05, 4.69) is 28.5 Å². The quantitative estimate of drug-likeness (QED) is 0.567. The van der Waals surface area contributed by atoms with Gasteiger partial charge in [0.2, 0.25) is 5.88 Å². The van der Waals surface area contributed by atoms with Crippen LogP contribution < -0.4 is 10.1 Å². The number of rotatable bonds is 10. The molecule has 0 radical (unpaired) electrons. The van der Waals surface area contributed by atoms with Gasteiger partial charge in [-0.2, -0.15) is 0 Å². The van der Waals surface area contributed by atoms with Crippen molar-refractivity contribution in [1.29, 1.82) is 0 Å². The van der Waals surface area contributed by atoms with Crippen molar-refractivity contribution in [2.24, 2.45) is 0 Å². The number of carboxylic acid groups (broad SMARTS) is 1. The second-order valence-electron chi connectivity index (χ2n) is 8.63. The van der Waals surface area contributed by atoms with E-state index in [-0.39, 0.29) is 18.2 Å². The fraction of sp³-hybridized carbons (Fsp3) is 0.462. The molecule has 33 heavy (non-hydrogen) atoms. The number of nitrogens with one attached hydrogen (secondary N) is 1. The van der Waals surface area contributed by atoms with Gasteiger partial charge in [-0.1, -0.05) is 36.4 Å². The first-order valence-corrected chi connectivity index (χ1v) is 11.6. The highest BCUT2D eigenvalue weighted by atomic mass is 16.5. The van der Waals surface area contributed by atoms with E-state index in [1.54, 1.807) is 6.20 Å². The van der Waals surface area contributed by atoms with Crippen molar-refractivity contribution in [3.8, 4) is 5.88 Å². The number of carbonyl (C=O) groups is 1. The minimum absolute atomic E-state index is 0.159. The molecule has 0 spiro atoms. The molecular weight excluding hydrogens is 420 g/mol. The van der Waals surface area contributed by atoms with Gasteiger partial charge in [-0.05, 0) is 61.9 Å². The minimum atomic E-state index is -1.01. The molecule has 1 aromatic heterocycles. The topological polar surface area (TPSA) is 89.9 Å². The summed E-state index contributed by atoms with van der Waals surface area (Å²) in [6, 6.07) is 12.4. The van der Waals surface area contributed by atoms with Gasteiger partial charge >= 0.3 is 5.97 Å². The second-order valence-corrected chi connectivity index (χ2v) is 8.63. The summed E-state index contributed by atoms with van der Waals surface area (Å²) in [6.07, 6.45) is 7.69. The molecule has 2 N–H and O–H groups in total. The molecule has 0 amide bonds. The predicted octanol–water partition coefficient (Wildman–Crippen LogP) is 3.75. The number of carboxylic acids is 1. The third-order valence-corrected chi connectivity index (χ3v) is 6.24. The van der Waals surface area contributed by atoms with Crippen LogP contribution in [0.5, 0.6) is 5.88 Å². The van der Waals surface area contributed by atoms with E-state index in [9.17, 15) is 4.79 Å². The van der Waals surface area contributed by atoms with Gasteiger partial charge in [0.05, 0.1) is 31.5 Å². The zero-order valence-electron chi connectivity index (χ0n) is 19.0. The Morgan fingerprint density at radius 3 is 2.79 bits per heavy atom. The van der Waals surface area contributed by atoms with Crippen LogP contribution in [0.25, 0.3) is 5.57 Å². The number of benzene rings is 1. The number of hydrogen-bond acceptors (Lipinski definition) is 6. The van der Waals surface area contributed by atoms with Gasteiger partial charge in [0, 0.05) is 11.8 Å². The molecule has 1 aliphatic carbocycles. The summed E-state index contributed by atoms with van der Waals surface area (Å²) < 4.78 is 17.9. The van der Waals surface area contributed by atoms with Crippen molar-refractivity contribution in [3.63, 3.8) is 0 Å². The maximum atomic E-state index is 10.9. The van der Waals surface area contributed by atoms with E-state index in [0.29, 0.717) is 19.1 Å². The normalized spacial score (nSPS) is 22.7. The van der Waals surface area contributed by atoms with E-state index in [1.165, 1.54) is 5.56 Å². The van der Waals surface area contributed by atoms with E-state index in [1.807, 2.05) is 31.2 Å². The lowest BCUT2D eigenvalue weighted by Gasteiger charge is -2.27. The van der Waals surface area contributed by atoms with E-state index < -0.39 is 12.6 Å². The molecular formula is C26H32N2O5.